The standard InChI is InChI=1S/C20H24N4O2/c1-22-14-21-10-17(22)20(26)23-12-16-8-5-9-19(25)24(18(16)13-23)11-15-6-3-2-4-7-15/h2-4,6-7,10,14,16,18H,5,8-9,11-13H2,1H3/t16-,18+/m1/s1. The monoisotopic (exact) mass is 352 g/mol. The topological polar surface area (TPSA) is 58.4 Å². The quantitative estimate of drug-likeness (QED) is 0.850. The molecule has 0 spiro atoms. The van der Waals surface area contributed by atoms with E-state index in [4.69, 9.17) is 0 Å². The molecule has 0 unspecified atom stereocenters. The van der Waals surface area contributed by atoms with Gasteiger partial charge in [-0.15, -0.1) is 0 Å². The number of rotatable bonds is 3. The molecule has 0 saturated carbocycles. The molecule has 26 heavy (non-hydrogen) atoms. The summed E-state index contributed by atoms with van der Waals surface area (Å²) in [6.07, 6.45) is 5.77. The van der Waals surface area contributed by atoms with Crippen LogP contribution in [-0.4, -0.2) is 50.3 Å². The van der Waals surface area contributed by atoms with Gasteiger partial charge in [-0.05, 0) is 24.3 Å². The molecule has 0 aliphatic carbocycles. The van der Waals surface area contributed by atoms with Crippen LogP contribution < -0.4 is 0 Å². The molecule has 1 aromatic heterocycles. The molecule has 0 radical (unpaired) electrons. The molecule has 2 aromatic rings. The van der Waals surface area contributed by atoms with Crippen LogP contribution in [0.2, 0.25) is 0 Å². The van der Waals surface area contributed by atoms with Crippen molar-refractivity contribution in [3.8, 4) is 0 Å². The molecule has 2 aliphatic rings. The number of nitrogens with zero attached hydrogens (tertiary/aromatic N) is 4. The van der Waals surface area contributed by atoms with Crippen LogP contribution in [0.4, 0.5) is 0 Å². The highest BCUT2D eigenvalue weighted by molar-refractivity contribution is 5.92. The molecule has 1 aromatic carbocycles. The Kier molecular flexibility index (Phi) is 4.49. The first-order valence-electron chi connectivity index (χ1n) is 9.22. The second-order valence-corrected chi connectivity index (χ2v) is 7.33. The van der Waals surface area contributed by atoms with Crippen molar-refractivity contribution in [1.29, 1.82) is 0 Å². The van der Waals surface area contributed by atoms with E-state index in [1.165, 1.54) is 0 Å². The van der Waals surface area contributed by atoms with Crippen molar-refractivity contribution in [1.82, 2.24) is 19.4 Å². The van der Waals surface area contributed by atoms with E-state index < -0.39 is 0 Å². The van der Waals surface area contributed by atoms with E-state index in [2.05, 4.69) is 17.1 Å². The molecule has 6 nitrogen and oxygen atoms in total. The fraction of sp³-hybridized carbons (Fsp3) is 0.450. The molecule has 2 fully saturated rings. The minimum absolute atomic E-state index is 0.00480. The highest BCUT2D eigenvalue weighted by Crippen LogP contribution is 2.32. The molecule has 0 bridgehead atoms. The Morgan fingerprint density at radius 3 is 2.77 bits per heavy atom. The molecule has 3 heterocycles. The van der Waals surface area contributed by atoms with E-state index in [1.54, 1.807) is 17.1 Å². The Hall–Kier alpha value is -2.63. The lowest BCUT2D eigenvalue weighted by Gasteiger charge is -2.30. The van der Waals surface area contributed by atoms with Crippen LogP contribution >= 0.6 is 0 Å². The van der Waals surface area contributed by atoms with Gasteiger partial charge >= 0.3 is 0 Å². The van der Waals surface area contributed by atoms with Crippen LogP contribution in [0.15, 0.2) is 42.9 Å². The zero-order chi connectivity index (χ0) is 18.1. The van der Waals surface area contributed by atoms with Crippen LogP contribution in [0.1, 0.15) is 35.3 Å². The van der Waals surface area contributed by atoms with Crippen LogP contribution in [0.25, 0.3) is 0 Å². The summed E-state index contributed by atoms with van der Waals surface area (Å²) in [4.78, 5) is 33.5. The Bertz CT molecular complexity index is 801. The molecule has 136 valence electrons. The SMILES string of the molecule is Cn1cncc1C(=O)N1C[C@H]2CCCC(=O)N(Cc3ccccc3)[C@H]2C1. The highest BCUT2D eigenvalue weighted by atomic mass is 16.2. The van der Waals surface area contributed by atoms with Gasteiger partial charge in [0.25, 0.3) is 5.91 Å². The Morgan fingerprint density at radius 1 is 1.23 bits per heavy atom. The van der Waals surface area contributed by atoms with Gasteiger partial charge in [0.2, 0.25) is 5.91 Å². The molecule has 0 N–H and O–H groups in total. The maximum Gasteiger partial charge on any atom is 0.272 e. The molecule has 2 atom stereocenters. The van der Waals surface area contributed by atoms with Crippen LogP contribution in [-0.2, 0) is 18.4 Å². The Labute approximate surface area is 153 Å². The fourth-order valence-electron chi connectivity index (χ4n) is 4.21. The van der Waals surface area contributed by atoms with Gasteiger partial charge in [-0.2, -0.15) is 0 Å². The largest absolute Gasteiger partial charge is 0.335 e. The van der Waals surface area contributed by atoms with Crippen LogP contribution in [0, 0.1) is 5.92 Å². The molecule has 6 heteroatoms. The van der Waals surface area contributed by atoms with Gasteiger partial charge in [-0.3, -0.25) is 9.59 Å². The molecule has 2 amide bonds. The maximum absolute atomic E-state index is 12.9. The van der Waals surface area contributed by atoms with Gasteiger partial charge in [0.15, 0.2) is 0 Å². The summed E-state index contributed by atoms with van der Waals surface area (Å²) < 4.78 is 1.75. The van der Waals surface area contributed by atoms with Crippen LogP contribution in [0.5, 0.6) is 0 Å². The van der Waals surface area contributed by atoms with E-state index in [0.717, 1.165) is 18.4 Å². The van der Waals surface area contributed by atoms with Crippen molar-refractivity contribution in [2.24, 2.45) is 13.0 Å². The molecular formula is C20H24N4O2. The predicted molar refractivity (Wildman–Crippen MR) is 97.2 cm³/mol. The van der Waals surface area contributed by atoms with Gasteiger partial charge in [-0.1, -0.05) is 30.3 Å². The lowest BCUT2D eigenvalue weighted by Crippen LogP contribution is -2.43. The normalized spacial score (nSPS) is 23.0. The van der Waals surface area contributed by atoms with Crippen molar-refractivity contribution in [2.45, 2.75) is 31.8 Å². The van der Waals surface area contributed by atoms with Crippen molar-refractivity contribution in [3.05, 3.63) is 54.1 Å². The number of benzene rings is 1. The zero-order valence-corrected chi connectivity index (χ0v) is 15.0. The number of carbonyl (C=O) groups excluding carboxylic acids is 2. The molecule has 4 rings (SSSR count). The average Bonchev–Trinajstić information content (AvgIpc) is 3.23. The summed E-state index contributed by atoms with van der Waals surface area (Å²) in [6.45, 7) is 1.94. The second-order valence-electron chi connectivity index (χ2n) is 7.33. The summed E-state index contributed by atoms with van der Waals surface area (Å²) in [5.41, 5.74) is 1.74. The Morgan fingerprint density at radius 2 is 2.04 bits per heavy atom. The van der Waals surface area contributed by atoms with Crippen molar-refractivity contribution in [3.63, 3.8) is 0 Å². The van der Waals surface area contributed by atoms with Gasteiger partial charge in [0.05, 0.1) is 18.6 Å². The number of amides is 2. The maximum atomic E-state index is 12.9. The third-order valence-corrected chi connectivity index (χ3v) is 5.61. The minimum atomic E-state index is 0.00480. The first-order valence-corrected chi connectivity index (χ1v) is 9.22. The summed E-state index contributed by atoms with van der Waals surface area (Å²) >= 11 is 0. The third kappa shape index (κ3) is 3.11. The highest BCUT2D eigenvalue weighted by Gasteiger charge is 2.42. The lowest BCUT2D eigenvalue weighted by molar-refractivity contribution is -0.133. The van der Waals surface area contributed by atoms with Gasteiger partial charge in [-0.25, -0.2) is 4.98 Å². The van der Waals surface area contributed by atoms with Crippen LogP contribution in [0.3, 0.4) is 0 Å². The van der Waals surface area contributed by atoms with E-state index in [9.17, 15) is 9.59 Å². The van der Waals surface area contributed by atoms with Crippen molar-refractivity contribution in [2.75, 3.05) is 13.1 Å². The molecule has 2 aliphatic heterocycles. The second kappa shape index (κ2) is 6.94. The number of hydrogen-bond donors (Lipinski definition) is 0. The number of aromatic nitrogens is 2. The zero-order valence-electron chi connectivity index (χ0n) is 15.0. The molecule has 2 saturated heterocycles. The lowest BCUT2D eigenvalue weighted by atomic mass is 9.98. The van der Waals surface area contributed by atoms with Crippen molar-refractivity contribution < 1.29 is 9.59 Å². The summed E-state index contributed by atoms with van der Waals surface area (Å²) in [5.74, 6) is 0.559. The van der Waals surface area contributed by atoms with Gasteiger partial charge in [0, 0.05) is 33.1 Å². The van der Waals surface area contributed by atoms with E-state index in [0.29, 0.717) is 37.7 Å². The summed E-state index contributed by atoms with van der Waals surface area (Å²) in [6, 6.07) is 10.2. The predicted octanol–water partition coefficient (Wildman–Crippen LogP) is 2.07. The van der Waals surface area contributed by atoms with Gasteiger partial charge in [0.1, 0.15) is 5.69 Å². The average molecular weight is 352 g/mol. The number of hydrogen-bond acceptors (Lipinski definition) is 3. The molecular weight excluding hydrogens is 328 g/mol. The number of carbonyl (C=O) groups is 2. The number of aryl methyl sites for hydroxylation is 1. The number of imidazole rings is 1. The first kappa shape index (κ1) is 16.8. The Balaban J connectivity index is 1.55. The van der Waals surface area contributed by atoms with Crippen molar-refractivity contribution >= 4 is 11.8 Å². The minimum Gasteiger partial charge on any atom is -0.335 e. The number of fused-ring (bicyclic) bond motifs is 1. The summed E-state index contributed by atoms with van der Waals surface area (Å²) in [7, 11) is 1.83. The van der Waals surface area contributed by atoms with Gasteiger partial charge < -0.3 is 14.4 Å². The van der Waals surface area contributed by atoms with E-state index in [-0.39, 0.29) is 17.9 Å². The summed E-state index contributed by atoms with van der Waals surface area (Å²) in [5, 5.41) is 0. The van der Waals surface area contributed by atoms with E-state index in [1.807, 2.05) is 35.0 Å². The third-order valence-electron chi connectivity index (χ3n) is 5.61. The van der Waals surface area contributed by atoms with E-state index >= 15 is 0 Å². The first-order chi connectivity index (χ1) is 12.6. The number of likely N-dealkylation sites (tertiary alicyclic amines) is 2. The fourth-order valence-corrected chi connectivity index (χ4v) is 4.21. The smallest absolute Gasteiger partial charge is 0.272 e.